The number of amides is 3. The number of carbonyl (C=O) groups is 3. The van der Waals surface area contributed by atoms with Crippen molar-refractivity contribution in [2.45, 2.75) is 57.4 Å². The quantitative estimate of drug-likeness (QED) is 0.559. The van der Waals surface area contributed by atoms with Crippen molar-refractivity contribution in [2.24, 2.45) is 11.8 Å². The largest absolute Gasteiger partial charge is 0.347 e. The minimum absolute atomic E-state index is 0.0429. The fraction of sp³-hybridized carbons (Fsp3) is 0.640. The molecule has 1 aliphatic heterocycles. The molecule has 2 saturated carbocycles. The third-order valence-electron chi connectivity index (χ3n) is 7.14. The summed E-state index contributed by atoms with van der Waals surface area (Å²) in [6.45, 7) is 2.94. The predicted octanol–water partition coefficient (Wildman–Crippen LogP) is 3.66. The number of hydrogen-bond donors (Lipinski definition) is 2. The molecule has 0 unspecified atom stereocenters. The predicted molar refractivity (Wildman–Crippen MR) is 129 cm³/mol. The first-order chi connectivity index (χ1) is 16.7. The number of nitrogens with zero attached hydrogens (tertiary/aromatic N) is 2. The Bertz CT molecular complexity index is 939. The molecule has 1 aromatic carbocycles. The molecule has 2 N–H and O–H groups in total. The molecule has 3 fully saturated rings. The Kier molecular flexibility index (Phi) is 8.27. The fourth-order valence-corrected chi connectivity index (χ4v) is 4.91. The molecule has 4 rings (SSSR count). The molecule has 35 heavy (non-hydrogen) atoms. The van der Waals surface area contributed by atoms with Gasteiger partial charge in [-0.1, -0.05) is 11.6 Å². The van der Waals surface area contributed by atoms with Crippen molar-refractivity contribution < 1.29 is 23.2 Å². The van der Waals surface area contributed by atoms with Crippen molar-refractivity contribution in [1.82, 2.24) is 15.1 Å². The van der Waals surface area contributed by atoms with Gasteiger partial charge in [0.15, 0.2) is 0 Å². The summed E-state index contributed by atoms with van der Waals surface area (Å²) in [5.74, 6) is -2.89. The van der Waals surface area contributed by atoms with E-state index in [-0.39, 0.29) is 55.4 Å². The van der Waals surface area contributed by atoms with E-state index in [0.717, 1.165) is 24.1 Å². The highest BCUT2D eigenvalue weighted by Crippen LogP contribution is 2.37. The molecule has 1 aromatic rings. The van der Waals surface area contributed by atoms with E-state index in [1.54, 1.807) is 11.0 Å². The lowest BCUT2D eigenvalue weighted by atomic mass is 9.84. The number of nitrogens with one attached hydrogen (secondary N) is 2. The van der Waals surface area contributed by atoms with Crippen LogP contribution in [-0.2, 0) is 20.9 Å². The van der Waals surface area contributed by atoms with Crippen molar-refractivity contribution in [3.8, 4) is 0 Å². The van der Waals surface area contributed by atoms with Crippen LogP contribution in [0.25, 0.3) is 0 Å². The minimum Gasteiger partial charge on any atom is -0.347 e. The van der Waals surface area contributed by atoms with Crippen molar-refractivity contribution >= 4 is 35.0 Å². The van der Waals surface area contributed by atoms with E-state index in [0.29, 0.717) is 50.6 Å². The summed E-state index contributed by atoms with van der Waals surface area (Å²) in [6, 6.07) is 5.46. The molecule has 1 saturated heterocycles. The molecule has 0 radical (unpaired) electrons. The maximum Gasteiger partial charge on any atom is 0.248 e. The zero-order valence-corrected chi connectivity index (χ0v) is 20.6. The number of halogens is 3. The maximum atomic E-state index is 13.3. The van der Waals surface area contributed by atoms with E-state index in [1.807, 2.05) is 12.1 Å². The molecule has 0 aromatic heterocycles. The smallest absolute Gasteiger partial charge is 0.248 e. The first-order valence-corrected chi connectivity index (χ1v) is 12.8. The first-order valence-electron chi connectivity index (χ1n) is 12.4. The number of benzene rings is 1. The number of piperazine rings is 1. The van der Waals surface area contributed by atoms with Crippen LogP contribution in [0.5, 0.6) is 0 Å². The van der Waals surface area contributed by atoms with E-state index in [4.69, 9.17) is 11.6 Å². The molecule has 2 aliphatic carbocycles. The molecule has 10 heteroatoms. The average Bonchev–Trinajstić information content (AvgIpc) is 3.67. The van der Waals surface area contributed by atoms with Crippen molar-refractivity contribution in [3.63, 3.8) is 0 Å². The lowest BCUT2D eigenvalue weighted by Gasteiger charge is -2.35. The van der Waals surface area contributed by atoms with Crippen LogP contribution in [0.4, 0.5) is 14.5 Å². The molecule has 0 bridgehead atoms. The number of carbonyl (C=O) groups excluding carboxylic acids is 3. The van der Waals surface area contributed by atoms with Gasteiger partial charge in [0.25, 0.3) is 0 Å². The van der Waals surface area contributed by atoms with Crippen LogP contribution < -0.4 is 10.6 Å². The normalized spacial score (nSPS) is 20.9. The van der Waals surface area contributed by atoms with Gasteiger partial charge >= 0.3 is 0 Å². The number of rotatable bonds is 8. The van der Waals surface area contributed by atoms with Gasteiger partial charge in [0.05, 0.1) is 6.54 Å². The molecule has 1 heterocycles. The van der Waals surface area contributed by atoms with Gasteiger partial charge in [-0.05, 0) is 55.4 Å². The summed E-state index contributed by atoms with van der Waals surface area (Å²) in [5, 5.41) is 6.28. The fourth-order valence-electron chi connectivity index (χ4n) is 4.72. The van der Waals surface area contributed by atoms with Crippen LogP contribution in [0.2, 0.25) is 5.02 Å². The van der Waals surface area contributed by atoms with Gasteiger partial charge < -0.3 is 15.5 Å². The minimum atomic E-state index is -2.61. The van der Waals surface area contributed by atoms with Crippen LogP contribution in [-0.4, -0.2) is 66.2 Å². The summed E-state index contributed by atoms with van der Waals surface area (Å²) in [4.78, 5) is 40.9. The Morgan fingerprint density at radius 2 is 1.71 bits per heavy atom. The van der Waals surface area contributed by atoms with E-state index in [1.165, 1.54) is 0 Å². The molecular formula is C25H33ClF2N4O3. The Labute approximate surface area is 209 Å². The van der Waals surface area contributed by atoms with Gasteiger partial charge in [0, 0.05) is 68.6 Å². The lowest BCUT2D eigenvalue weighted by molar-refractivity contribution is -0.134. The second-order valence-electron chi connectivity index (χ2n) is 10.0. The summed E-state index contributed by atoms with van der Waals surface area (Å²) in [7, 11) is 0. The average molecular weight is 511 g/mol. The highest BCUT2D eigenvalue weighted by atomic mass is 35.5. The second kappa shape index (κ2) is 11.2. The molecule has 0 atom stereocenters. The molecule has 7 nitrogen and oxygen atoms in total. The summed E-state index contributed by atoms with van der Waals surface area (Å²) in [5.41, 5.74) is 1.72. The SMILES string of the molecule is O=C(CC1CCC(F)(F)CC1)NCC(=O)N1CCN(Cc2cc(Cl)ccc2NC(=O)C2CC2)CC1. The second-order valence-corrected chi connectivity index (χ2v) is 10.4. The van der Waals surface area contributed by atoms with Gasteiger partial charge in [-0.15, -0.1) is 0 Å². The zero-order chi connectivity index (χ0) is 25.0. The van der Waals surface area contributed by atoms with Crippen LogP contribution in [0.15, 0.2) is 18.2 Å². The van der Waals surface area contributed by atoms with Crippen LogP contribution in [0, 0.1) is 11.8 Å². The van der Waals surface area contributed by atoms with Crippen molar-refractivity contribution in [1.29, 1.82) is 0 Å². The molecule has 192 valence electrons. The number of alkyl halides is 2. The van der Waals surface area contributed by atoms with E-state index in [2.05, 4.69) is 15.5 Å². The highest BCUT2D eigenvalue weighted by molar-refractivity contribution is 6.30. The molecular weight excluding hydrogens is 478 g/mol. The Hall–Kier alpha value is -2.26. The summed E-state index contributed by atoms with van der Waals surface area (Å²) >= 11 is 6.19. The Morgan fingerprint density at radius 1 is 1.03 bits per heavy atom. The number of hydrogen-bond acceptors (Lipinski definition) is 4. The topological polar surface area (TPSA) is 81.8 Å². The number of anilines is 1. The van der Waals surface area contributed by atoms with E-state index in [9.17, 15) is 23.2 Å². The Balaban J connectivity index is 1.19. The van der Waals surface area contributed by atoms with Gasteiger partial charge in [-0.25, -0.2) is 8.78 Å². The lowest BCUT2D eigenvalue weighted by Crippen LogP contribution is -2.51. The maximum absolute atomic E-state index is 13.3. The highest BCUT2D eigenvalue weighted by Gasteiger charge is 2.35. The van der Waals surface area contributed by atoms with Crippen LogP contribution in [0.3, 0.4) is 0 Å². The van der Waals surface area contributed by atoms with Crippen LogP contribution >= 0.6 is 11.6 Å². The molecule has 3 aliphatic rings. The van der Waals surface area contributed by atoms with Crippen molar-refractivity contribution in [2.75, 3.05) is 38.0 Å². The molecule has 3 amide bonds. The third kappa shape index (κ3) is 7.61. The standard InChI is InChI=1S/C25H33ClF2N4O3/c26-20-3-4-21(30-24(35)18-1-2-18)19(14-20)16-31-9-11-32(12-10-31)23(34)15-29-22(33)13-17-5-7-25(27,28)8-6-17/h3-4,14,17-18H,1-2,5-13,15-16H2,(H,29,33)(H,30,35). The van der Waals surface area contributed by atoms with Gasteiger partial charge in [-0.3, -0.25) is 19.3 Å². The van der Waals surface area contributed by atoms with E-state index < -0.39 is 5.92 Å². The van der Waals surface area contributed by atoms with Gasteiger partial charge in [0.2, 0.25) is 23.6 Å². The monoisotopic (exact) mass is 510 g/mol. The van der Waals surface area contributed by atoms with Gasteiger partial charge in [-0.2, -0.15) is 0 Å². The molecule has 0 spiro atoms. The van der Waals surface area contributed by atoms with E-state index >= 15 is 0 Å². The first kappa shape index (κ1) is 25.8. The van der Waals surface area contributed by atoms with Gasteiger partial charge in [0.1, 0.15) is 0 Å². The summed E-state index contributed by atoms with van der Waals surface area (Å²) in [6.07, 6.45) is 2.41. The summed E-state index contributed by atoms with van der Waals surface area (Å²) < 4.78 is 26.5. The van der Waals surface area contributed by atoms with Crippen LogP contribution in [0.1, 0.15) is 50.5 Å². The van der Waals surface area contributed by atoms with Crippen molar-refractivity contribution in [3.05, 3.63) is 28.8 Å². The third-order valence-corrected chi connectivity index (χ3v) is 7.37. The Morgan fingerprint density at radius 3 is 2.37 bits per heavy atom. The zero-order valence-electron chi connectivity index (χ0n) is 19.8.